The fourth-order valence-corrected chi connectivity index (χ4v) is 3.19. The van der Waals surface area contributed by atoms with E-state index in [0.717, 1.165) is 11.8 Å². The predicted molar refractivity (Wildman–Crippen MR) is 119 cm³/mol. The Morgan fingerprint density at radius 1 is 0.731 bits per heavy atom. The van der Waals surface area contributed by atoms with E-state index in [9.17, 15) is 0 Å². The molecule has 2 aliphatic rings. The minimum atomic E-state index is 0. The maximum absolute atomic E-state index is 3.06. The summed E-state index contributed by atoms with van der Waals surface area (Å²) in [4.78, 5) is 0. The Labute approximate surface area is 191 Å². The molecule has 0 bridgehead atoms. The number of hydrogen-bond donors (Lipinski definition) is 0. The van der Waals surface area contributed by atoms with Gasteiger partial charge in [-0.2, -0.15) is 36.1 Å². The Morgan fingerprint density at radius 3 is 1.35 bits per heavy atom. The van der Waals surface area contributed by atoms with Crippen molar-refractivity contribution in [2.45, 2.75) is 26.7 Å². The first kappa shape index (κ1) is 30.6. The Balaban J connectivity index is -0.000000326. The Kier molecular flexibility index (Phi) is 18.7. The summed E-state index contributed by atoms with van der Waals surface area (Å²) in [7, 11) is 0. The van der Waals surface area contributed by atoms with Crippen molar-refractivity contribution < 1.29 is 23.3 Å². The van der Waals surface area contributed by atoms with Gasteiger partial charge >= 0.3 is 30.2 Å². The molecule has 2 aromatic rings. The molecule has 0 aromatic heterocycles. The minimum absolute atomic E-state index is 0. The van der Waals surface area contributed by atoms with Crippen LogP contribution in [0, 0.1) is 39.5 Å². The molecule has 2 atom stereocenters. The van der Waals surface area contributed by atoms with Crippen molar-refractivity contribution in [1.29, 1.82) is 0 Å². The van der Waals surface area contributed by atoms with E-state index in [4.69, 9.17) is 0 Å². The fraction of sp³-hybridized carbons (Fsp3) is 0.273. The molecular weight excluding hydrogens is 454 g/mol. The number of benzene rings is 2. The topological polar surface area (TPSA) is 0 Å². The third kappa shape index (κ3) is 8.70. The molecule has 0 heterocycles. The molecular formula is C22H30Cl2SiZr-4. The van der Waals surface area contributed by atoms with Crippen molar-refractivity contribution in [2.24, 2.45) is 11.8 Å². The van der Waals surface area contributed by atoms with E-state index in [-0.39, 0.29) is 39.7 Å². The number of fused-ring (bicyclic) bond motifs is 2. The molecule has 0 saturated heterocycles. The second-order valence-electron chi connectivity index (χ2n) is 6.09. The van der Waals surface area contributed by atoms with Crippen LogP contribution in [0.1, 0.15) is 36.1 Å². The first-order chi connectivity index (χ1) is 10.7. The van der Waals surface area contributed by atoms with E-state index in [1.54, 1.807) is 0 Å². The van der Waals surface area contributed by atoms with Crippen molar-refractivity contribution in [1.82, 2.24) is 0 Å². The average Bonchev–Trinajstić information content (AvgIpc) is 3.10. The van der Waals surface area contributed by atoms with Gasteiger partial charge in [-0.15, -0.1) is 60.2 Å². The van der Waals surface area contributed by atoms with Crippen molar-refractivity contribution in [2.75, 3.05) is 0 Å². The molecule has 0 saturated carbocycles. The van der Waals surface area contributed by atoms with Crippen LogP contribution in [0.2, 0.25) is 0 Å². The van der Waals surface area contributed by atoms with E-state index in [1.807, 2.05) is 0 Å². The van der Waals surface area contributed by atoms with E-state index >= 15 is 0 Å². The van der Waals surface area contributed by atoms with Gasteiger partial charge in [-0.25, -0.2) is 0 Å². The van der Waals surface area contributed by atoms with Crippen molar-refractivity contribution in [3.63, 3.8) is 0 Å². The van der Waals surface area contributed by atoms with Gasteiger partial charge in [-0.1, -0.05) is 50.7 Å². The Hall–Kier alpha value is -0.140. The van der Waals surface area contributed by atoms with E-state index in [0.29, 0.717) is 0 Å². The molecule has 4 rings (SSSR count). The zero-order chi connectivity index (χ0) is 15.9. The maximum atomic E-state index is 3.06. The summed E-state index contributed by atoms with van der Waals surface area (Å²) in [5.41, 5.74) is 5.90. The Bertz CT molecular complexity index is 515. The molecule has 26 heavy (non-hydrogen) atoms. The van der Waals surface area contributed by atoms with E-state index in [1.165, 1.54) is 58.4 Å². The molecule has 2 radical (unpaired) electrons. The average molecular weight is 485 g/mol. The van der Waals surface area contributed by atoms with E-state index < -0.39 is 0 Å². The summed E-state index contributed by atoms with van der Waals surface area (Å²) < 4.78 is 0. The third-order valence-electron chi connectivity index (χ3n) is 4.12. The first-order valence-corrected chi connectivity index (χ1v) is 12.0. The third-order valence-corrected chi connectivity index (χ3v) is 4.12. The summed E-state index contributed by atoms with van der Waals surface area (Å²) in [6.07, 6.45) is 7.15. The van der Waals surface area contributed by atoms with Crippen LogP contribution in [0.15, 0.2) is 48.5 Å². The molecule has 0 nitrogen and oxygen atoms in total. The SMILES string of the molecule is CC1[CH-]c2ccccc2C1.CC1[CH-]c2ccccc2C1.Cl.Cl.[CH3-].[CH3-].[Si]=[Zr]. The van der Waals surface area contributed by atoms with Crippen LogP contribution in [0.5, 0.6) is 0 Å². The molecule has 0 spiro atoms. The standard InChI is InChI=1S/2C10H11.2CH3.2ClH.Si.Zr/c2*1-8-6-9-4-2-3-5-10(9)7-8;;;;;;/h2*2-6,8H,7H2,1H3;2*1H3;2*1H;;/q4*-1;;;;. The van der Waals surface area contributed by atoms with Crippen molar-refractivity contribution in [3.05, 3.63) is 98.5 Å². The number of rotatable bonds is 0. The molecule has 0 aliphatic heterocycles. The van der Waals surface area contributed by atoms with Gasteiger partial charge in [-0.05, 0) is 0 Å². The van der Waals surface area contributed by atoms with Gasteiger partial charge < -0.3 is 14.9 Å². The van der Waals surface area contributed by atoms with Gasteiger partial charge in [-0.3, -0.25) is 0 Å². The van der Waals surface area contributed by atoms with Gasteiger partial charge in [0.2, 0.25) is 0 Å². The molecule has 0 fully saturated rings. The van der Waals surface area contributed by atoms with Crippen LogP contribution in [0.4, 0.5) is 0 Å². The molecule has 2 unspecified atom stereocenters. The molecule has 2 aromatic carbocycles. The van der Waals surface area contributed by atoms with Crippen LogP contribution in [0.25, 0.3) is 0 Å². The van der Waals surface area contributed by atoms with E-state index in [2.05, 4.69) is 82.1 Å². The molecule has 2 aliphatic carbocycles. The second-order valence-corrected chi connectivity index (χ2v) is 6.09. The molecule has 144 valence electrons. The summed E-state index contributed by atoms with van der Waals surface area (Å²) in [6, 6.07) is 17.3. The number of halogens is 2. The van der Waals surface area contributed by atoms with Crippen LogP contribution in [-0.4, -0.2) is 6.88 Å². The summed E-state index contributed by atoms with van der Waals surface area (Å²) in [5.74, 6) is 1.50. The zero-order valence-electron chi connectivity index (χ0n) is 16.2. The van der Waals surface area contributed by atoms with Crippen LogP contribution in [-0.2, 0) is 36.2 Å². The van der Waals surface area contributed by atoms with Crippen molar-refractivity contribution in [3.8, 4) is 0 Å². The van der Waals surface area contributed by atoms with Crippen LogP contribution >= 0.6 is 24.8 Å². The van der Waals surface area contributed by atoms with Crippen molar-refractivity contribution >= 4 is 31.7 Å². The first-order valence-electron chi connectivity index (χ1n) is 7.83. The van der Waals surface area contributed by atoms with Crippen LogP contribution in [0.3, 0.4) is 0 Å². The number of hydrogen-bond acceptors (Lipinski definition) is 0. The predicted octanol–water partition coefficient (Wildman–Crippen LogP) is 6.22. The summed E-state index contributed by atoms with van der Waals surface area (Å²) in [6.45, 7) is 7.59. The summed E-state index contributed by atoms with van der Waals surface area (Å²) >= 11 is 1.36. The van der Waals surface area contributed by atoms with Gasteiger partial charge in [0, 0.05) is 0 Å². The molecule has 0 N–H and O–H groups in total. The zero-order valence-corrected chi connectivity index (χ0v) is 21.2. The fourth-order valence-electron chi connectivity index (χ4n) is 3.19. The normalized spacial score (nSPS) is 17.0. The second kappa shape index (κ2) is 15.9. The van der Waals surface area contributed by atoms with Gasteiger partial charge in [0.15, 0.2) is 0 Å². The molecule has 4 heteroatoms. The van der Waals surface area contributed by atoms with Gasteiger partial charge in [0.1, 0.15) is 0 Å². The Morgan fingerprint density at radius 2 is 1.04 bits per heavy atom. The summed E-state index contributed by atoms with van der Waals surface area (Å²) in [5, 5.41) is 0. The monoisotopic (exact) mass is 482 g/mol. The molecule has 0 amide bonds. The van der Waals surface area contributed by atoms with Gasteiger partial charge in [0.05, 0.1) is 0 Å². The van der Waals surface area contributed by atoms with Gasteiger partial charge in [0.25, 0.3) is 0 Å². The van der Waals surface area contributed by atoms with Crippen LogP contribution < -0.4 is 0 Å². The quantitative estimate of drug-likeness (QED) is 0.307.